The van der Waals surface area contributed by atoms with Crippen LogP contribution >= 0.6 is 0 Å². The predicted molar refractivity (Wildman–Crippen MR) is 171 cm³/mol. The minimum Gasteiger partial charge on any atom is -0.491 e. The van der Waals surface area contributed by atoms with Crippen LogP contribution < -0.4 is 10.1 Å². The average Bonchev–Trinajstić information content (AvgIpc) is 3.00. The van der Waals surface area contributed by atoms with Gasteiger partial charge in [-0.3, -0.25) is 9.59 Å². The van der Waals surface area contributed by atoms with Gasteiger partial charge in [-0.05, 0) is 77.6 Å². The van der Waals surface area contributed by atoms with Crippen molar-refractivity contribution >= 4 is 11.9 Å². The van der Waals surface area contributed by atoms with Crippen LogP contribution in [0, 0.1) is 11.8 Å². The summed E-state index contributed by atoms with van der Waals surface area (Å²) in [5, 5.41) is 23.3. The lowest BCUT2D eigenvalue weighted by Gasteiger charge is -2.43. The summed E-state index contributed by atoms with van der Waals surface area (Å²) < 4.78 is 11.7. The van der Waals surface area contributed by atoms with Crippen molar-refractivity contribution < 1.29 is 29.3 Å². The molecule has 1 aliphatic carbocycles. The van der Waals surface area contributed by atoms with Crippen molar-refractivity contribution in [2.24, 2.45) is 0 Å². The summed E-state index contributed by atoms with van der Waals surface area (Å²) in [6, 6.07) is 19.1. The number of carbonyl (C=O) groups excluding carboxylic acids is 1. The number of aliphatic carboxylic acids is 1. The summed E-state index contributed by atoms with van der Waals surface area (Å²) in [5.41, 5.74) is 4.63. The van der Waals surface area contributed by atoms with Crippen molar-refractivity contribution in [1.82, 2.24) is 5.32 Å². The zero-order valence-electron chi connectivity index (χ0n) is 26.3. The largest absolute Gasteiger partial charge is 0.491 e. The zero-order valence-corrected chi connectivity index (χ0v) is 26.3. The van der Waals surface area contributed by atoms with Crippen molar-refractivity contribution in [3.05, 3.63) is 100 Å². The van der Waals surface area contributed by atoms with Gasteiger partial charge >= 0.3 is 5.97 Å². The van der Waals surface area contributed by atoms with Crippen LogP contribution in [0.2, 0.25) is 0 Å². The molecule has 1 amide bonds. The van der Waals surface area contributed by atoms with E-state index < -0.39 is 18.1 Å². The number of aliphatic hydroxyl groups is 1. The molecule has 7 nitrogen and oxygen atoms in total. The molecule has 0 fully saturated rings. The first-order chi connectivity index (χ1) is 20.9. The normalized spacial score (nSPS) is 16.0. The Bertz CT molecular complexity index is 1520. The molecule has 0 radical (unpaired) electrons. The molecule has 232 valence electrons. The van der Waals surface area contributed by atoms with Crippen LogP contribution in [-0.4, -0.2) is 41.9 Å². The van der Waals surface area contributed by atoms with E-state index in [-0.39, 0.29) is 23.2 Å². The number of carboxylic acid groups (broad SMARTS) is 1. The second-order valence-electron chi connectivity index (χ2n) is 12.5. The third-order valence-corrected chi connectivity index (χ3v) is 8.30. The Morgan fingerprint density at radius 1 is 0.932 bits per heavy atom. The number of aliphatic hydroxyl groups excluding tert-OH is 1. The standard InChI is InChI=1S/C37H43NO6/c1-6-43-20-21-44-32-23-28(22-29-34(32)37(4,5)19-18-36(29,2)3)31(39)17-14-25-12-15-27(16-13-25)35(42)38-30(24-33(40)41)26-10-8-7-9-11-26/h7-13,15-16,22-23,30-31,39H,6,18-21,24H2,1-5H3,(H,38,42)(H,40,41). The number of hydrogen-bond donors (Lipinski definition) is 3. The number of amides is 1. The van der Waals surface area contributed by atoms with E-state index in [1.807, 2.05) is 19.1 Å². The highest BCUT2D eigenvalue weighted by Gasteiger charge is 2.40. The molecule has 7 heteroatoms. The Morgan fingerprint density at radius 2 is 1.61 bits per heavy atom. The van der Waals surface area contributed by atoms with Gasteiger partial charge in [0.25, 0.3) is 5.91 Å². The fraction of sp³-hybridized carbons (Fsp3) is 0.405. The quantitative estimate of drug-likeness (QED) is 0.173. The minimum atomic E-state index is -1.04. The van der Waals surface area contributed by atoms with E-state index in [2.05, 4.69) is 50.9 Å². The Labute approximate surface area is 260 Å². The summed E-state index contributed by atoms with van der Waals surface area (Å²) in [6.45, 7) is 12.4. The molecule has 44 heavy (non-hydrogen) atoms. The first-order valence-electron chi connectivity index (χ1n) is 15.2. The van der Waals surface area contributed by atoms with Gasteiger partial charge in [0.15, 0.2) is 0 Å². The number of fused-ring (bicyclic) bond motifs is 1. The molecule has 0 saturated carbocycles. The molecule has 0 saturated heterocycles. The number of ether oxygens (including phenoxy) is 2. The van der Waals surface area contributed by atoms with E-state index in [0.717, 1.165) is 24.2 Å². The zero-order chi connectivity index (χ0) is 31.9. The number of carbonyl (C=O) groups is 2. The number of carboxylic acids is 1. The van der Waals surface area contributed by atoms with Gasteiger partial charge < -0.3 is 25.0 Å². The van der Waals surface area contributed by atoms with Crippen LogP contribution in [0.5, 0.6) is 5.75 Å². The molecule has 0 aliphatic heterocycles. The molecular formula is C37H43NO6. The molecular weight excluding hydrogens is 554 g/mol. The lowest BCUT2D eigenvalue weighted by molar-refractivity contribution is -0.137. The smallest absolute Gasteiger partial charge is 0.305 e. The van der Waals surface area contributed by atoms with E-state index >= 15 is 0 Å². The lowest BCUT2D eigenvalue weighted by atomic mass is 9.62. The van der Waals surface area contributed by atoms with Crippen molar-refractivity contribution in [3.63, 3.8) is 0 Å². The Morgan fingerprint density at radius 3 is 2.27 bits per heavy atom. The lowest BCUT2D eigenvalue weighted by Crippen LogP contribution is -2.34. The number of nitrogens with one attached hydrogen (secondary N) is 1. The van der Waals surface area contributed by atoms with E-state index in [1.165, 1.54) is 11.1 Å². The molecule has 3 aromatic rings. The van der Waals surface area contributed by atoms with Gasteiger partial charge in [0.1, 0.15) is 18.5 Å². The summed E-state index contributed by atoms with van der Waals surface area (Å²) in [7, 11) is 0. The molecule has 0 aromatic heterocycles. The maximum Gasteiger partial charge on any atom is 0.305 e. The van der Waals surface area contributed by atoms with E-state index in [9.17, 15) is 19.8 Å². The van der Waals surface area contributed by atoms with Gasteiger partial charge in [0.05, 0.1) is 19.1 Å². The fourth-order valence-electron chi connectivity index (χ4n) is 5.67. The Hall–Kier alpha value is -4.12. The third-order valence-electron chi connectivity index (χ3n) is 8.30. The van der Waals surface area contributed by atoms with Gasteiger partial charge in [0.2, 0.25) is 0 Å². The molecule has 3 N–H and O–H groups in total. The summed E-state index contributed by atoms with van der Waals surface area (Å²) >= 11 is 0. The average molecular weight is 598 g/mol. The van der Waals surface area contributed by atoms with Gasteiger partial charge in [-0.2, -0.15) is 0 Å². The molecule has 1 aliphatic rings. The fourth-order valence-corrected chi connectivity index (χ4v) is 5.67. The van der Waals surface area contributed by atoms with Crippen LogP contribution in [0.15, 0.2) is 66.7 Å². The van der Waals surface area contributed by atoms with Crippen molar-refractivity contribution in [2.75, 3.05) is 19.8 Å². The molecule has 4 rings (SSSR count). The number of benzene rings is 3. The highest BCUT2D eigenvalue weighted by atomic mass is 16.5. The SMILES string of the molecule is CCOCCOc1cc(C(O)C#Cc2ccc(C(=O)NC(CC(=O)O)c3ccccc3)cc2)cc2c1C(C)(C)CCC2(C)C. The van der Waals surface area contributed by atoms with Crippen molar-refractivity contribution in [1.29, 1.82) is 0 Å². The Balaban J connectivity index is 1.54. The number of rotatable bonds is 11. The molecule has 0 spiro atoms. The maximum absolute atomic E-state index is 12.9. The Kier molecular flexibility index (Phi) is 10.5. The van der Waals surface area contributed by atoms with Crippen LogP contribution in [-0.2, 0) is 20.4 Å². The van der Waals surface area contributed by atoms with Gasteiger partial charge in [-0.15, -0.1) is 0 Å². The second kappa shape index (κ2) is 14.1. The topological polar surface area (TPSA) is 105 Å². The van der Waals surface area contributed by atoms with Crippen LogP contribution in [0.1, 0.15) is 104 Å². The highest BCUT2D eigenvalue weighted by molar-refractivity contribution is 5.94. The molecule has 2 unspecified atom stereocenters. The van der Waals surface area contributed by atoms with Crippen molar-refractivity contribution in [2.45, 2.75) is 76.9 Å². The van der Waals surface area contributed by atoms with Crippen LogP contribution in [0.3, 0.4) is 0 Å². The summed E-state index contributed by atoms with van der Waals surface area (Å²) in [4.78, 5) is 24.3. The van der Waals surface area contributed by atoms with E-state index in [4.69, 9.17) is 9.47 Å². The summed E-state index contributed by atoms with van der Waals surface area (Å²) in [6.07, 6.45) is 0.796. The molecule has 3 aromatic carbocycles. The second-order valence-corrected chi connectivity index (χ2v) is 12.5. The first kappa shape index (κ1) is 32.8. The van der Waals surface area contributed by atoms with Crippen LogP contribution in [0.4, 0.5) is 0 Å². The van der Waals surface area contributed by atoms with Gasteiger partial charge in [-0.25, -0.2) is 0 Å². The number of hydrogen-bond acceptors (Lipinski definition) is 5. The van der Waals surface area contributed by atoms with Gasteiger partial charge in [0, 0.05) is 23.3 Å². The third kappa shape index (κ3) is 8.07. The minimum absolute atomic E-state index is 0.0657. The van der Waals surface area contributed by atoms with E-state index in [0.29, 0.717) is 36.5 Å². The van der Waals surface area contributed by atoms with E-state index in [1.54, 1.807) is 48.5 Å². The predicted octanol–water partition coefficient (Wildman–Crippen LogP) is 6.48. The van der Waals surface area contributed by atoms with Crippen LogP contribution in [0.25, 0.3) is 0 Å². The molecule has 0 heterocycles. The maximum atomic E-state index is 12.9. The molecule has 0 bridgehead atoms. The highest BCUT2D eigenvalue weighted by Crippen LogP contribution is 2.50. The molecule has 2 atom stereocenters. The van der Waals surface area contributed by atoms with Crippen molar-refractivity contribution in [3.8, 4) is 17.6 Å². The van der Waals surface area contributed by atoms with Gasteiger partial charge in [-0.1, -0.05) is 75.9 Å². The summed E-state index contributed by atoms with van der Waals surface area (Å²) in [5.74, 6) is 5.37. The first-order valence-corrected chi connectivity index (χ1v) is 15.2. The monoisotopic (exact) mass is 597 g/mol.